The number of aromatic nitrogens is 1. The number of hydrogen-bond acceptors (Lipinski definition) is 5. The average molecular weight is 350 g/mol. The van der Waals surface area contributed by atoms with Crippen LogP contribution in [-0.2, 0) is 14.3 Å². The lowest BCUT2D eigenvalue weighted by atomic mass is 10.1. The Morgan fingerprint density at radius 2 is 1.64 bits per heavy atom. The molecule has 0 unspecified atom stereocenters. The average Bonchev–Trinajstić information content (AvgIpc) is 2.77. The van der Waals surface area contributed by atoms with Crippen LogP contribution in [0.25, 0.3) is 0 Å². The van der Waals surface area contributed by atoms with Crippen LogP contribution in [0.15, 0.2) is 0 Å². The summed E-state index contributed by atoms with van der Waals surface area (Å²) in [6.07, 6.45) is 3.33. The first kappa shape index (κ1) is 19.0. The molecule has 0 radical (unpaired) electrons. The van der Waals surface area contributed by atoms with E-state index in [2.05, 4.69) is 4.98 Å². The summed E-state index contributed by atoms with van der Waals surface area (Å²) in [4.78, 5) is 41.4. The molecule has 1 N–H and O–H groups in total. The number of nitrogens with one attached hydrogen (secondary N) is 1. The minimum Gasteiger partial charge on any atom is -0.465 e. The Labute approximate surface area is 147 Å². The number of esters is 2. The minimum absolute atomic E-state index is 0.174. The highest BCUT2D eigenvalue weighted by Gasteiger charge is 2.28. The number of H-pyrrole nitrogens is 1. The molecule has 1 aromatic heterocycles. The van der Waals surface area contributed by atoms with Crippen LogP contribution in [0, 0.1) is 13.8 Å². The summed E-state index contributed by atoms with van der Waals surface area (Å²) >= 11 is 0. The van der Waals surface area contributed by atoms with Gasteiger partial charge in [-0.25, -0.2) is 9.59 Å². The second-order valence-corrected chi connectivity index (χ2v) is 6.40. The molecule has 0 spiro atoms. The molecule has 1 aromatic rings. The van der Waals surface area contributed by atoms with Crippen LogP contribution in [0.3, 0.4) is 0 Å². The summed E-state index contributed by atoms with van der Waals surface area (Å²) in [5, 5.41) is 0. The van der Waals surface area contributed by atoms with Crippen molar-refractivity contribution in [1.29, 1.82) is 0 Å². The molecule has 0 aromatic carbocycles. The van der Waals surface area contributed by atoms with Crippen LogP contribution < -0.4 is 0 Å². The Morgan fingerprint density at radius 1 is 1.04 bits per heavy atom. The predicted octanol–water partition coefficient (Wildman–Crippen LogP) is 2.37. The van der Waals surface area contributed by atoms with E-state index in [1.54, 1.807) is 25.7 Å². The van der Waals surface area contributed by atoms with Gasteiger partial charge in [0.1, 0.15) is 5.69 Å². The van der Waals surface area contributed by atoms with Crippen molar-refractivity contribution >= 4 is 17.8 Å². The van der Waals surface area contributed by atoms with E-state index >= 15 is 0 Å². The van der Waals surface area contributed by atoms with E-state index in [4.69, 9.17) is 9.47 Å². The SMILES string of the molecule is COC(=O)c1c(C)[nH]c(C(=O)O[C@@H](C)C(=O)N2CCCCCC2)c1C. The second-order valence-electron chi connectivity index (χ2n) is 6.40. The number of methoxy groups -OCH3 is 1. The number of aryl methyl sites for hydroxylation is 1. The van der Waals surface area contributed by atoms with Crippen LogP contribution >= 0.6 is 0 Å². The number of ether oxygens (including phenoxy) is 2. The van der Waals surface area contributed by atoms with Crippen LogP contribution in [0.5, 0.6) is 0 Å². The molecular weight excluding hydrogens is 324 g/mol. The van der Waals surface area contributed by atoms with E-state index in [-0.39, 0.29) is 11.6 Å². The van der Waals surface area contributed by atoms with Crippen molar-refractivity contribution in [3.63, 3.8) is 0 Å². The molecule has 0 saturated carbocycles. The third-order valence-electron chi connectivity index (χ3n) is 4.58. The molecule has 2 heterocycles. The van der Waals surface area contributed by atoms with Crippen molar-refractivity contribution in [2.45, 2.75) is 52.6 Å². The molecule has 1 aliphatic heterocycles. The molecule has 0 bridgehead atoms. The summed E-state index contributed by atoms with van der Waals surface area (Å²) in [7, 11) is 1.29. The zero-order valence-corrected chi connectivity index (χ0v) is 15.3. The topological polar surface area (TPSA) is 88.7 Å². The van der Waals surface area contributed by atoms with Gasteiger partial charge in [0.05, 0.1) is 12.7 Å². The molecule has 25 heavy (non-hydrogen) atoms. The largest absolute Gasteiger partial charge is 0.465 e. The molecule has 1 saturated heterocycles. The van der Waals surface area contributed by atoms with Crippen molar-refractivity contribution in [2.24, 2.45) is 0 Å². The molecule has 0 aliphatic carbocycles. The van der Waals surface area contributed by atoms with Crippen LogP contribution in [0.2, 0.25) is 0 Å². The van der Waals surface area contributed by atoms with E-state index in [1.807, 2.05) is 0 Å². The predicted molar refractivity (Wildman–Crippen MR) is 91.5 cm³/mol. The Morgan fingerprint density at radius 3 is 2.20 bits per heavy atom. The first-order valence-corrected chi connectivity index (χ1v) is 8.64. The lowest BCUT2D eigenvalue weighted by molar-refractivity contribution is -0.139. The lowest BCUT2D eigenvalue weighted by Gasteiger charge is -2.23. The molecule has 1 fully saturated rings. The molecule has 1 amide bonds. The number of rotatable bonds is 4. The van der Waals surface area contributed by atoms with E-state index in [1.165, 1.54) is 7.11 Å². The number of nitrogens with zero attached hydrogens (tertiary/aromatic N) is 1. The number of carbonyl (C=O) groups is 3. The third kappa shape index (κ3) is 4.21. The number of aromatic amines is 1. The maximum atomic E-state index is 12.5. The van der Waals surface area contributed by atoms with Crippen LogP contribution in [-0.4, -0.2) is 54.0 Å². The number of likely N-dealkylation sites (tertiary alicyclic amines) is 1. The molecule has 7 heteroatoms. The Bertz CT molecular complexity index is 657. The van der Waals surface area contributed by atoms with Gasteiger partial charge in [-0.3, -0.25) is 4.79 Å². The quantitative estimate of drug-likeness (QED) is 0.842. The maximum Gasteiger partial charge on any atom is 0.355 e. The first-order valence-electron chi connectivity index (χ1n) is 8.64. The fourth-order valence-corrected chi connectivity index (χ4v) is 3.18. The summed E-state index contributed by atoms with van der Waals surface area (Å²) in [5.74, 6) is -1.34. The Hall–Kier alpha value is -2.31. The van der Waals surface area contributed by atoms with Gasteiger partial charge >= 0.3 is 11.9 Å². The third-order valence-corrected chi connectivity index (χ3v) is 4.58. The molecule has 1 atom stereocenters. The summed E-state index contributed by atoms with van der Waals surface area (Å²) in [6, 6.07) is 0. The van der Waals surface area contributed by atoms with Crippen molar-refractivity contribution in [3.8, 4) is 0 Å². The van der Waals surface area contributed by atoms with Gasteiger partial charge < -0.3 is 19.4 Å². The van der Waals surface area contributed by atoms with E-state index in [9.17, 15) is 14.4 Å². The highest BCUT2D eigenvalue weighted by Crippen LogP contribution is 2.20. The molecule has 1 aliphatic rings. The fraction of sp³-hybridized carbons (Fsp3) is 0.611. The normalized spacial score (nSPS) is 16.1. The number of hydrogen-bond donors (Lipinski definition) is 1. The van der Waals surface area contributed by atoms with Gasteiger partial charge in [0, 0.05) is 18.8 Å². The van der Waals surface area contributed by atoms with Gasteiger partial charge in [0.25, 0.3) is 5.91 Å². The van der Waals surface area contributed by atoms with Crippen LogP contribution in [0.1, 0.15) is 64.7 Å². The number of amides is 1. The number of carbonyl (C=O) groups excluding carboxylic acids is 3. The van der Waals surface area contributed by atoms with E-state index < -0.39 is 18.0 Å². The zero-order valence-electron chi connectivity index (χ0n) is 15.3. The van der Waals surface area contributed by atoms with Crippen LogP contribution in [0.4, 0.5) is 0 Å². The lowest BCUT2D eigenvalue weighted by Crippen LogP contribution is -2.40. The summed E-state index contributed by atoms with van der Waals surface area (Å²) in [5.41, 5.74) is 1.49. The molecule has 2 rings (SSSR count). The summed E-state index contributed by atoms with van der Waals surface area (Å²) < 4.78 is 10.1. The maximum absolute atomic E-state index is 12.5. The van der Waals surface area contributed by atoms with Gasteiger partial charge in [0.15, 0.2) is 6.10 Å². The standard InChI is InChI=1S/C18H26N2O5/c1-11-14(17(22)24-4)12(2)19-15(11)18(23)25-13(3)16(21)20-9-7-5-6-8-10-20/h13,19H,5-10H2,1-4H3/t13-/m0/s1. The van der Waals surface area contributed by atoms with E-state index in [0.717, 1.165) is 25.7 Å². The van der Waals surface area contributed by atoms with Gasteiger partial charge in [-0.15, -0.1) is 0 Å². The fourth-order valence-electron chi connectivity index (χ4n) is 3.18. The van der Waals surface area contributed by atoms with Crippen molar-refractivity contribution < 1.29 is 23.9 Å². The van der Waals surface area contributed by atoms with Crippen molar-refractivity contribution in [1.82, 2.24) is 9.88 Å². The summed E-state index contributed by atoms with van der Waals surface area (Å²) in [6.45, 7) is 6.31. The van der Waals surface area contributed by atoms with Gasteiger partial charge in [-0.05, 0) is 39.2 Å². The molecule has 7 nitrogen and oxygen atoms in total. The van der Waals surface area contributed by atoms with Gasteiger partial charge in [-0.1, -0.05) is 12.8 Å². The van der Waals surface area contributed by atoms with Gasteiger partial charge in [-0.2, -0.15) is 0 Å². The smallest absolute Gasteiger partial charge is 0.355 e. The molecule has 138 valence electrons. The Kier molecular flexibility index (Phi) is 6.22. The molecular formula is C18H26N2O5. The van der Waals surface area contributed by atoms with Crippen molar-refractivity contribution in [2.75, 3.05) is 20.2 Å². The highest BCUT2D eigenvalue weighted by molar-refractivity contribution is 5.99. The second kappa shape index (κ2) is 8.18. The Balaban J connectivity index is 2.08. The zero-order chi connectivity index (χ0) is 18.6. The van der Waals surface area contributed by atoms with Crippen molar-refractivity contribution in [3.05, 3.63) is 22.5 Å². The highest BCUT2D eigenvalue weighted by atomic mass is 16.5. The minimum atomic E-state index is -0.866. The monoisotopic (exact) mass is 350 g/mol. The first-order chi connectivity index (χ1) is 11.9. The van der Waals surface area contributed by atoms with E-state index in [0.29, 0.717) is 29.9 Å². The van der Waals surface area contributed by atoms with Gasteiger partial charge in [0.2, 0.25) is 0 Å².